The average Bonchev–Trinajstić information content (AvgIpc) is 2.90. The summed E-state index contributed by atoms with van der Waals surface area (Å²) in [6.07, 6.45) is 2.27. The molecule has 0 aromatic carbocycles. The maximum atomic E-state index is 9.68. The summed E-state index contributed by atoms with van der Waals surface area (Å²) in [7, 11) is 0. The highest BCUT2D eigenvalue weighted by molar-refractivity contribution is 7.10. The van der Waals surface area contributed by atoms with Crippen LogP contribution < -0.4 is 5.32 Å². The van der Waals surface area contributed by atoms with Gasteiger partial charge in [0.05, 0.1) is 6.10 Å². The van der Waals surface area contributed by atoms with Crippen LogP contribution in [0.2, 0.25) is 0 Å². The zero-order valence-corrected chi connectivity index (χ0v) is 9.26. The summed E-state index contributed by atoms with van der Waals surface area (Å²) >= 11 is 1.76. The van der Waals surface area contributed by atoms with Crippen molar-refractivity contribution in [2.45, 2.75) is 31.9 Å². The fraction of sp³-hybridized carbons (Fsp3) is 0.636. The molecule has 1 fully saturated rings. The van der Waals surface area contributed by atoms with Crippen LogP contribution in [0.5, 0.6) is 0 Å². The monoisotopic (exact) mass is 211 g/mol. The predicted molar refractivity (Wildman–Crippen MR) is 59.5 cm³/mol. The van der Waals surface area contributed by atoms with Crippen molar-refractivity contribution in [1.82, 2.24) is 5.32 Å². The van der Waals surface area contributed by atoms with Gasteiger partial charge in [-0.3, -0.25) is 0 Å². The largest absolute Gasteiger partial charge is 0.392 e. The molecular weight excluding hydrogens is 194 g/mol. The van der Waals surface area contributed by atoms with Gasteiger partial charge in [-0.1, -0.05) is 6.07 Å². The Balaban J connectivity index is 1.74. The predicted octanol–water partition coefficient (Wildman–Crippen LogP) is 2.17. The molecule has 14 heavy (non-hydrogen) atoms. The molecule has 2 atom stereocenters. The zero-order valence-electron chi connectivity index (χ0n) is 8.44. The Kier molecular flexibility index (Phi) is 3.21. The minimum atomic E-state index is -0.141. The van der Waals surface area contributed by atoms with Gasteiger partial charge in [0.2, 0.25) is 0 Å². The molecule has 0 amide bonds. The Morgan fingerprint density at radius 3 is 3.00 bits per heavy atom. The van der Waals surface area contributed by atoms with Crippen molar-refractivity contribution < 1.29 is 5.11 Å². The average molecular weight is 211 g/mol. The summed E-state index contributed by atoms with van der Waals surface area (Å²) in [6.45, 7) is 2.87. The van der Waals surface area contributed by atoms with E-state index in [4.69, 9.17) is 0 Å². The molecule has 0 bridgehead atoms. The summed E-state index contributed by atoms with van der Waals surface area (Å²) in [4.78, 5) is 1.34. The van der Waals surface area contributed by atoms with Gasteiger partial charge in [-0.05, 0) is 37.1 Å². The van der Waals surface area contributed by atoms with Crippen molar-refractivity contribution in [3.63, 3.8) is 0 Å². The lowest BCUT2D eigenvalue weighted by Crippen LogP contribution is -2.29. The van der Waals surface area contributed by atoms with Gasteiger partial charge in [-0.2, -0.15) is 0 Å². The lowest BCUT2D eigenvalue weighted by molar-refractivity contribution is 0.145. The van der Waals surface area contributed by atoms with Gasteiger partial charge in [0.1, 0.15) is 0 Å². The molecule has 1 aromatic heterocycles. The minimum Gasteiger partial charge on any atom is -0.392 e. The highest BCUT2D eigenvalue weighted by Crippen LogP contribution is 2.32. The first-order chi connectivity index (χ1) is 6.77. The van der Waals surface area contributed by atoms with E-state index in [0.29, 0.717) is 12.0 Å². The van der Waals surface area contributed by atoms with Crippen LogP contribution in [-0.2, 0) is 0 Å². The maximum Gasteiger partial charge on any atom is 0.0692 e. The molecular formula is C11H17NOS. The van der Waals surface area contributed by atoms with Crippen molar-refractivity contribution in [1.29, 1.82) is 0 Å². The topological polar surface area (TPSA) is 32.3 Å². The van der Waals surface area contributed by atoms with Crippen molar-refractivity contribution in [2.75, 3.05) is 6.54 Å². The standard InChI is InChI=1S/C11H17NOS/c1-8(11-3-2-6-14-11)12-7-10(13)9-4-5-9/h2-3,6,8-10,12-13H,4-5,7H2,1H3. The molecule has 1 aliphatic carbocycles. The first-order valence-electron chi connectivity index (χ1n) is 5.22. The van der Waals surface area contributed by atoms with Gasteiger partial charge < -0.3 is 10.4 Å². The molecule has 2 N–H and O–H groups in total. The number of nitrogens with one attached hydrogen (secondary N) is 1. The third-order valence-electron chi connectivity index (χ3n) is 2.77. The fourth-order valence-electron chi connectivity index (χ4n) is 1.58. The smallest absolute Gasteiger partial charge is 0.0692 e. The summed E-state index contributed by atoms with van der Waals surface area (Å²) in [5.41, 5.74) is 0. The SMILES string of the molecule is CC(NCC(O)C1CC1)c1cccs1. The lowest BCUT2D eigenvalue weighted by atomic mass is 10.2. The molecule has 3 heteroatoms. The van der Waals surface area contributed by atoms with Crippen molar-refractivity contribution in [3.8, 4) is 0 Å². The Morgan fingerprint density at radius 2 is 2.43 bits per heavy atom. The van der Waals surface area contributed by atoms with Crippen LogP contribution in [0, 0.1) is 5.92 Å². The van der Waals surface area contributed by atoms with Gasteiger partial charge >= 0.3 is 0 Å². The minimum absolute atomic E-state index is 0.141. The number of aliphatic hydroxyl groups excluding tert-OH is 1. The van der Waals surface area contributed by atoms with Gasteiger partial charge in [0.25, 0.3) is 0 Å². The van der Waals surface area contributed by atoms with E-state index in [2.05, 4.69) is 29.8 Å². The summed E-state index contributed by atoms with van der Waals surface area (Å²) in [6, 6.07) is 4.56. The molecule has 1 heterocycles. The van der Waals surface area contributed by atoms with Crippen LogP contribution in [0.25, 0.3) is 0 Å². The van der Waals surface area contributed by atoms with Crippen molar-refractivity contribution in [3.05, 3.63) is 22.4 Å². The molecule has 0 spiro atoms. The Hall–Kier alpha value is -0.380. The van der Waals surface area contributed by atoms with Crippen LogP contribution in [0.3, 0.4) is 0 Å². The lowest BCUT2D eigenvalue weighted by Gasteiger charge is -2.15. The Bertz CT molecular complexity index is 269. The van der Waals surface area contributed by atoms with Crippen molar-refractivity contribution in [2.24, 2.45) is 5.92 Å². The fourth-order valence-corrected chi connectivity index (χ4v) is 2.34. The molecule has 2 nitrogen and oxygen atoms in total. The molecule has 0 saturated heterocycles. The van der Waals surface area contributed by atoms with Gasteiger partial charge in [0, 0.05) is 17.5 Å². The number of hydrogen-bond donors (Lipinski definition) is 2. The van der Waals surface area contributed by atoms with E-state index in [0.717, 1.165) is 6.54 Å². The van der Waals surface area contributed by atoms with E-state index >= 15 is 0 Å². The van der Waals surface area contributed by atoms with E-state index in [1.807, 2.05) is 0 Å². The van der Waals surface area contributed by atoms with E-state index in [-0.39, 0.29) is 6.10 Å². The third-order valence-corrected chi connectivity index (χ3v) is 3.82. The quantitative estimate of drug-likeness (QED) is 0.782. The van der Waals surface area contributed by atoms with Gasteiger partial charge in [-0.25, -0.2) is 0 Å². The third kappa shape index (κ3) is 2.56. The highest BCUT2D eigenvalue weighted by Gasteiger charge is 2.29. The molecule has 0 aliphatic heterocycles. The second-order valence-corrected chi connectivity index (χ2v) is 5.03. The molecule has 1 aliphatic rings. The number of aliphatic hydroxyl groups is 1. The maximum absolute atomic E-state index is 9.68. The second kappa shape index (κ2) is 4.43. The van der Waals surface area contributed by atoms with E-state index in [1.54, 1.807) is 11.3 Å². The Labute approximate surface area is 89.0 Å². The normalized spacial score (nSPS) is 20.7. The van der Waals surface area contributed by atoms with Crippen LogP contribution in [-0.4, -0.2) is 17.8 Å². The molecule has 78 valence electrons. The van der Waals surface area contributed by atoms with E-state index in [9.17, 15) is 5.11 Å². The number of rotatable bonds is 5. The molecule has 1 aromatic rings. The summed E-state index contributed by atoms with van der Waals surface area (Å²) in [5.74, 6) is 0.568. The van der Waals surface area contributed by atoms with Crippen molar-refractivity contribution >= 4 is 11.3 Å². The van der Waals surface area contributed by atoms with Crippen LogP contribution in [0.15, 0.2) is 17.5 Å². The Morgan fingerprint density at radius 1 is 1.64 bits per heavy atom. The molecule has 2 rings (SSSR count). The molecule has 0 radical (unpaired) electrons. The molecule has 1 saturated carbocycles. The van der Waals surface area contributed by atoms with E-state index < -0.39 is 0 Å². The number of thiophene rings is 1. The van der Waals surface area contributed by atoms with E-state index in [1.165, 1.54) is 17.7 Å². The first kappa shape index (κ1) is 10.1. The van der Waals surface area contributed by atoms with Crippen LogP contribution in [0.4, 0.5) is 0 Å². The van der Waals surface area contributed by atoms with Crippen LogP contribution >= 0.6 is 11.3 Å². The first-order valence-corrected chi connectivity index (χ1v) is 6.10. The summed E-state index contributed by atoms with van der Waals surface area (Å²) in [5, 5.41) is 15.1. The molecule has 2 unspecified atom stereocenters. The van der Waals surface area contributed by atoms with Gasteiger partial charge in [0.15, 0.2) is 0 Å². The van der Waals surface area contributed by atoms with Gasteiger partial charge in [-0.15, -0.1) is 11.3 Å². The number of hydrogen-bond acceptors (Lipinski definition) is 3. The highest BCUT2D eigenvalue weighted by atomic mass is 32.1. The second-order valence-electron chi connectivity index (χ2n) is 4.05. The summed E-state index contributed by atoms with van der Waals surface area (Å²) < 4.78 is 0. The zero-order chi connectivity index (χ0) is 9.97. The van der Waals surface area contributed by atoms with Crippen LogP contribution in [0.1, 0.15) is 30.7 Å².